The van der Waals surface area contributed by atoms with Crippen molar-refractivity contribution in [1.82, 2.24) is 14.9 Å². The summed E-state index contributed by atoms with van der Waals surface area (Å²) in [6.45, 7) is 7.63. The number of aromatic nitrogens is 2. The van der Waals surface area contributed by atoms with Gasteiger partial charge >= 0.3 is 0 Å². The van der Waals surface area contributed by atoms with Crippen molar-refractivity contribution < 1.29 is 0 Å². The summed E-state index contributed by atoms with van der Waals surface area (Å²) in [6.07, 6.45) is 3.87. The van der Waals surface area contributed by atoms with Crippen LogP contribution in [0.25, 0.3) is 0 Å². The van der Waals surface area contributed by atoms with E-state index in [0.717, 1.165) is 36.7 Å². The molecule has 0 amide bonds. The minimum absolute atomic E-state index is 0.306. The summed E-state index contributed by atoms with van der Waals surface area (Å²) in [7, 11) is 2.27. The Labute approximate surface area is 132 Å². The Morgan fingerprint density at radius 1 is 1.24 bits per heavy atom. The number of hydrogen-bond donors (Lipinski definition) is 0. The van der Waals surface area contributed by atoms with Gasteiger partial charge in [-0.25, -0.2) is 9.97 Å². The average molecular weight is 309 g/mol. The zero-order valence-electron chi connectivity index (χ0n) is 13.2. The van der Waals surface area contributed by atoms with Gasteiger partial charge in [0, 0.05) is 31.1 Å². The van der Waals surface area contributed by atoms with Crippen LogP contribution >= 0.6 is 11.6 Å². The van der Waals surface area contributed by atoms with Gasteiger partial charge in [0.05, 0.1) is 0 Å². The van der Waals surface area contributed by atoms with Crippen LogP contribution in [0, 0.1) is 5.92 Å². The van der Waals surface area contributed by atoms with Crippen molar-refractivity contribution in [3.63, 3.8) is 0 Å². The van der Waals surface area contributed by atoms with Crippen molar-refractivity contribution in [3.8, 4) is 0 Å². The topological polar surface area (TPSA) is 32.3 Å². The van der Waals surface area contributed by atoms with Gasteiger partial charge in [-0.1, -0.05) is 25.4 Å². The summed E-state index contributed by atoms with van der Waals surface area (Å²) >= 11 is 6.19. The Balaban J connectivity index is 1.79. The van der Waals surface area contributed by atoms with Crippen molar-refractivity contribution in [3.05, 3.63) is 17.0 Å². The number of halogens is 1. The first kappa shape index (κ1) is 15.0. The Bertz CT molecular complexity index is 505. The van der Waals surface area contributed by atoms with Crippen LogP contribution in [-0.2, 0) is 0 Å². The molecule has 1 aromatic rings. The summed E-state index contributed by atoms with van der Waals surface area (Å²) in [5.41, 5.74) is 0. The minimum Gasteiger partial charge on any atom is -0.356 e. The second-order valence-corrected chi connectivity index (χ2v) is 7.13. The second-order valence-electron chi connectivity index (χ2n) is 6.75. The highest BCUT2D eigenvalue weighted by atomic mass is 35.5. The number of rotatable bonds is 2. The molecule has 21 heavy (non-hydrogen) atoms. The molecule has 2 aliphatic heterocycles. The van der Waals surface area contributed by atoms with Crippen molar-refractivity contribution in [2.24, 2.45) is 5.92 Å². The molecule has 2 unspecified atom stereocenters. The third-order valence-corrected chi connectivity index (χ3v) is 5.08. The molecular weight excluding hydrogens is 284 g/mol. The van der Waals surface area contributed by atoms with E-state index in [2.05, 4.69) is 35.7 Å². The van der Waals surface area contributed by atoms with E-state index in [1.807, 2.05) is 6.07 Å². The summed E-state index contributed by atoms with van der Waals surface area (Å²) in [5, 5.41) is 0.562. The van der Waals surface area contributed by atoms with Gasteiger partial charge in [0.2, 0.25) is 0 Å². The number of nitrogens with zero attached hydrogens (tertiary/aromatic N) is 4. The van der Waals surface area contributed by atoms with Crippen molar-refractivity contribution in [2.75, 3.05) is 31.6 Å². The first-order valence-corrected chi connectivity index (χ1v) is 8.42. The molecule has 4 nitrogen and oxygen atoms in total. The van der Waals surface area contributed by atoms with Crippen LogP contribution in [0.4, 0.5) is 5.82 Å². The van der Waals surface area contributed by atoms with E-state index in [1.54, 1.807) is 0 Å². The van der Waals surface area contributed by atoms with Crippen molar-refractivity contribution >= 4 is 17.4 Å². The molecular formula is C16H25ClN4. The predicted octanol–water partition coefficient (Wildman–Crippen LogP) is 3.17. The van der Waals surface area contributed by atoms with Gasteiger partial charge in [-0.3, -0.25) is 0 Å². The van der Waals surface area contributed by atoms with Crippen LogP contribution in [0.3, 0.4) is 0 Å². The van der Waals surface area contributed by atoms with Crippen molar-refractivity contribution in [1.29, 1.82) is 0 Å². The molecule has 0 saturated carbocycles. The lowest BCUT2D eigenvalue weighted by atomic mass is 9.84. The van der Waals surface area contributed by atoms with E-state index in [9.17, 15) is 0 Å². The Kier molecular flexibility index (Phi) is 4.36. The van der Waals surface area contributed by atoms with Gasteiger partial charge in [-0.05, 0) is 38.8 Å². The normalized spacial score (nSPS) is 27.0. The molecule has 1 aromatic heterocycles. The van der Waals surface area contributed by atoms with E-state index in [-0.39, 0.29) is 0 Å². The molecule has 0 aromatic carbocycles. The predicted molar refractivity (Wildman–Crippen MR) is 87.1 cm³/mol. The molecule has 0 aliphatic carbocycles. The second kappa shape index (κ2) is 6.09. The van der Waals surface area contributed by atoms with Gasteiger partial charge < -0.3 is 9.80 Å². The molecule has 2 fully saturated rings. The van der Waals surface area contributed by atoms with Gasteiger partial charge in [-0.2, -0.15) is 0 Å². The number of piperidine rings is 2. The maximum absolute atomic E-state index is 6.19. The van der Waals surface area contributed by atoms with E-state index in [0.29, 0.717) is 11.1 Å². The van der Waals surface area contributed by atoms with E-state index in [1.165, 1.54) is 25.8 Å². The summed E-state index contributed by atoms with van der Waals surface area (Å²) < 4.78 is 0. The maximum Gasteiger partial charge on any atom is 0.135 e. The first-order valence-electron chi connectivity index (χ1n) is 8.04. The highest BCUT2D eigenvalue weighted by Crippen LogP contribution is 2.32. The lowest BCUT2D eigenvalue weighted by Crippen LogP contribution is -2.53. The molecule has 2 saturated heterocycles. The monoisotopic (exact) mass is 308 g/mol. The number of likely N-dealkylation sites (tertiary alicyclic amines) is 1. The number of anilines is 1. The lowest BCUT2D eigenvalue weighted by Gasteiger charge is -2.46. The average Bonchev–Trinajstić information content (AvgIpc) is 2.46. The maximum atomic E-state index is 6.19. The fraction of sp³-hybridized carbons (Fsp3) is 0.750. The molecule has 116 valence electrons. The molecule has 2 aliphatic rings. The zero-order chi connectivity index (χ0) is 15.0. The molecule has 2 atom stereocenters. The van der Waals surface area contributed by atoms with Crippen LogP contribution in [0.2, 0.25) is 5.15 Å². The molecule has 5 heteroatoms. The van der Waals surface area contributed by atoms with Gasteiger partial charge in [-0.15, -0.1) is 0 Å². The van der Waals surface area contributed by atoms with Gasteiger partial charge in [0.15, 0.2) is 0 Å². The summed E-state index contributed by atoms with van der Waals surface area (Å²) in [6, 6.07) is 2.66. The van der Waals surface area contributed by atoms with Crippen LogP contribution in [0.15, 0.2) is 6.07 Å². The van der Waals surface area contributed by atoms with Crippen LogP contribution in [-0.4, -0.2) is 47.6 Å². The Morgan fingerprint density at radius 3 is 2.81 bits per heavy atom. The Hall–Kier alpha value is -0.870. The number of fused-ring (bicyclic) bond motifs is 1. The smallest absolute Gasteiger partial charge is 0.135 e. The van der Waals surface area contributed by atoms with Crippen LogP contribution in [0.1, 0.15) is 44.9 Å². The molecule has 3 rings (SSSR count). The minimum atomic E-state index is 0.306. The molecule has 0 spiro atoms. The molecule has 0 radical (unpaired) electrons. The van der Waals surface area contributed by atoms with Crippen LogP contribution < -0.4 is 4.90 Å². The quantitative estimate of drug-likeness (QED) is 0.786. The van der Waals surface area contributed by atoms with Crippen molar-refractivity contribution in [2.45, 2.75) is 45.1 Å². The van der Waals surface area contributed by atoms with Gasteiger partial charge in [0.25, 0.3) is 0 Å². The van der Waals surface area contributed by atoms with E-state index in [4.69, 9.17) is 16.6 Å². The lowest BCUT2D eigenvalue weighted by molar-refractivity contribution is 0.102. The highest BCUT2D eigenvalue weighted by Gasteiger charge is 2.34. The Morgan fingerprint density at radius 2 is 2.05 bits per heavy atom. The van der Waals surface area contributed by atoms with E-state index >= 15 is 0 Å². The third-order valence-electron chi connectivity index (χ3n) is 4.88. The van der Waals surface area contributed by atoms with E-state index < -0.39 is 0 Å². The third kappa shape index (κ3) is 3.16. The highest BCUT2D eigenvalue weighted by molar-refractivity contribution is 6.29. The fourth-order valence-corrected chi connectivity index (χ4v) is 3.89. The molecule has 0 N–H and O–H groups in total. The zero-order valence-corrected chi connectivity index (χ0v) is 14.0. The fourth-order valence-electron chi connectivity index (χ4n) is 3.70. The summed E-state index contributed by atoms with van der Waals surface area (Å²) in [5.74, 6) is 2.92. The molecule has 0 bridgehead atoms. The first-order chi connectivity index (χ1) is 10.0. The molecule has 3 heterocycles. The standard InChI is InChI=1S/C16H25ClN4/c1-11(2)16-18-14(17)9-15(19-16)21-8-6-13-12(10-21)5-4-7-20(13)3/h9,11-13H,4-8,10H2,1-3H3. The SMILES string of the molecule is CC(C)c1nc(Cl)cc(N2CCC3C(CCCN3C)C2)n1. The van der Waals surface area contributed by atoms with Gasteiger partial charge in [0.1, 0.15) is 16.8 Å². The number of hydrogen-bond acceptors (Lipinski definition) is 4. The summed E-state index contributed by atoms with van der Waals surface area (Å²) in [4.78, 5) is 14.0. The largest absolute Gasteiger partial charge is 0.356 e. The van der Waals surface area contributed by atoms with Crippen LogP contribution in [0.5, 0.6) is 0 Å².